The molecule has 0 bridgehead atoms. The van der Waals surface area contributed by atoms with Crippen molar-refractivity contribution < 1.29 is 0 Å². The Labute approximate surface area is 250 Å². The van der Waals surface area contributed by atoms with Crippen LogP contribution in [-0.4, -0.2) is 9.97 Å². The molecule has 0 aliphatic carbocycles. The topological polar surface area (TPSA) is 25.8 Å². The van der Waals surface area contributed by atoms with Crippen molar-refractivity contribution in [2.45, 2.75) is 52.4 Å². The Morgan fingerprint density at radius 3 is 1.17 bits per heavy atom. The van der Waals surface area contributed by atoms with Crippen molar-refractivity contribution >= 4 is 11.0 Å². The average molecular weight is 547 g/mol. The van der Waals surface area contributed by atoms with Gasteiger partial charge in [-0.15, -0.1) is 0 Å². The third-order valence-electron chi connectivity index (χ3n) is 8.23. The molecule has 6 rings (SSSR count). The van der Waals surface area contributed by atoms with E-state index in [2.05, 4.69) is 123 Å². The molecule has 6 aromatic rings. The molecule has 2 heteroatoms. The zero-order valence-electron chi connectivity index (χ0n) is 24.7. The van der Waals surface area contributed by atoms with Gasteiger partial charge < -0.3 is 0 Å². The van der Waals surface area contributed by atoms with Crippen LogP contribution in [0.1, 0.15) is 50.7 Å². The van der Waals surface area contributed by atoms with E-state index in [0.29, 0.717) is 0 Å². The second kappa shape index (κ2) is 13.0. The van der Waals surface area contributed by atoms with Crippen LogP contribution in [0.3, 0.4) is 0 Å². The van der Waals surface area contributed by atoms with Gasteiger partial charge in [0.2, 0.25) is 0 Å². The Balaban J connectivity index is 1.43. The highest BCUT2D eigenvalue weighted by molar-refractivity contribution is 6.03. The Kier molecular flexibility index (Phi) is 8.51. The van der Waals surface area contributed by atoms with Crippen LogP contribution in [0.25, 0.3) is 55.5 Å². The number of hydrogen-bond acceptors (Lipinski definition) is 2. The summed E-state index contributed by atoms with van der Waals surface area (Å²) in [4.78, 5) is 9.81. The van der Waals surface area contributed by atoms with Gasteiger partial charge in [0.25, 0.3) is 0 Å². The van der Waals surface area contributed by atoms with Gasteiger partial charge in [-0.3, -0.25) is 9.97 Å². The van der Waals surface area contributed by atoms with E-state index >= 15 is 0 Å². The van der Waals surface area contributed by atoms with Gasteiger partial charge in [-0.05, 0) is 82.3 Å². The van der Waals surface area contributed by atoms with Gasteiger partial charge in [-0.1, -0.05) is 124 Å². The first-order chi connectivity index (χ1) is 20.8. The number of nitrogens with zero attached hydrogens (tertiary/aromatic N) is 2. The number of hydrogen-bond donors (Lipinski definition) is 0. The van der Waals surface area contributed by atoms with Crippen LogP contribution in [-0.2, 0) is 12.8 Å². The van der Waals surface area contributed by atoms with Crippen LogP contribution >= 0.6 is 0 Å². The fourth-order valence-corrected chi connectivity index (χ4v) is 5.88. The standard InChI is InChI=1S/C40H38N2/c1-3-5-11-29-17-21-31(22-18-29)33-13-7-9-15-35(33)37-25-27-42-40-38(26-28-41-39(37)40)36-16-10-8-14-34(36)32-23-19-30(20-24-32)12-6-4-2/h7-10,13-28H,3-6,11-12H2,1-2H3. The zero-order chi connectivity index (χ0) is 28.7. The maximum Gasteiger partial charge on any atom is 0.0971 e. The summed E-state index contributed by atoms with van der Waals surface area (Å²) in [7, 11) is 0. The Bertz CT molecular complexity index is 1650. The fourth-order valence-electron chi connectivity index (χ4n) is 5.88. The van der Waals surface area contributed by atoms with Crippen molar-refractivity contribution in [3.05, 3.63) is 133 Å². The van der Waals surface area contributed by atoms with Crippen LogP contribution in [0.5, 0.6) is 0 Å². The first-order valence-corrected chi connectivity index (χ1v) is 15.4. The summed E-state index contributed by atoms with van der Waals surface area (Å²) in [5.41, 5.74) is 14.1. The van der Waals surface area contributed by atoms with Crippen molar-refractivity contribution in [2.75, 3.05) is 0 Å². The number of aryl methyl sites for hydroxylation is 2. The molecule has 2 aromatic heterocycles. The van der Waals surface area contributed by atoms with Gasteiger partial charge >= 0.3 is 0 Å². The van der Waals surface area contributed by atoms with Crippen LogP contribution in [0.2, 0.25) is 0 Å². The summed E-state index contributed by atoms with van der Waals surface area (Å²) in [5.74, 6) is 0. The Hall–Kier alpha value is -4.56. The predicted molar refractivity (Wildman–Crippen MR) is 179 cm³/mol. The smallest absolute Gasteiger partial charge is 0.0971 e. The lowest BCUT2D eigenvalue weighted by atomic mass is 9.91. The molecule has 0 N–H and O–H groups in total. The largest absolute Gasteiger partial charge is 0.254 e. The molecule has 2 heterocycles. The Morgan fingerprint density at radius 1 is 0.405 bits per heavy atom. The van der Waals surface area contributed by atoms with Crippen LogP contribution in [0, 0.1) is 0 Å². The van der Waals surface area contributed by atoms with Crippen molar-refractivity contribution in [1.29, 1.82) is 0 Å². The number of aromatic nitrogens is 2. The molecule has 208 valence electrons. The second-order valence-corrected chi connectivity index (χ2v) is 11.1. The molecule has 0 aliphatic rings. The monoisotopic (exact) mass is 546 g/mol. The van der Waals surface area contributed by atoms with Crippen molar-refractivity contribution in [2.24, 2.45) is 0 Å². The lowest BCUT2D eigenvalue weighted by Crippen LogP contribution is -1.94. The predicted octanol–water partition coefficient (Wildman–Crippen LogP) is 11.0. The maximum atomic E-state index is 4.91. The summed E-state index contributed by atoms with van der Waals surface area (Å²) in [6, 6.07) is 39.7. The number of rotatable bonds is 10. The molecular weight excluding hydrogens is 508 g/mol. The SMILES string of the molecule is CCCCc1ccc(-c2ccccc2-c2ccnc3c(-c4ccccc4-c4ccc(CCCC)cc4)ccnc23)cc1. The zero-order valence-corrected chi connectivity index (χ0v) is 24.7. The molecule has 0 aliphatic heterocycles. The summed E-state index contributed by atoms with van der Waals surface area (Å²) in [6.45, 7) is 4.49. The molecule has 2 nitrogen and oxygen atoms in total. The van der Waals surface area contributed by atoms with E-state index in [4.69, 9.17) is 9.97 Å². The minimum Gasteiger partial charge on any atom is -0.254 e. The molecule has 0 saturated heterocycles. The van der Waals surface area contributed by atoms with Crippen LogP contribution in [0.15, 0.2) is 122 Å². The molecule has 0 saturated carbocycles. The van der Waals surface area contributed by atoms with Crippen molar-refractivity contribution in [3.8, 4) is 44.5 Å². The first-order valence-electron chi connectivity index (χ1n) is 15.4. The molecule has 0 atom stereocenters. The van der Waals surface area contributed by atoms with E-state index in [1.165, 1.54) is 70.2 Å². The maximum absolute atomic E-state index is 4.91. The van der Waals surface area contributed by atoms with Crippen molar-refractivity contribution in [1.82, 2.24) is 9.97 Å². The van der Waals surface area contributed by atoms with Crippen LogP contribution in [0.4, 0.5) is 0 Å². The number of unbranched alkanes of at least 4 members (excludes halogenated alkanes) is 2. The number of pyridine rings is 2. The van der Waals surface area contributed by atoms with Gasteiger partial charge in [-0.2, -0.15) is 0 Å². The molecule has 0 amide bonds. The van der Waals surface area contributed by atoms with Gasteiger partial charge in [0.05, 0.1) is 11.0 Å². The van der Waals surface area contributed by atoms with Gasteiger partial charge in [-0.25, -0.2) is 0 Å². The quantitative estimate of drug-likeness (QED) is 0.171. The van der Waals surface area contributed by atoms with E-state index in [-0.39, 0.29) is 0 Å². The summed E-state index contributed by atoms with van der Waals surface area (Å²) in [6.07, 6.45) is 11.0. The highest BCUT2D eigenvalue weighted by atomic mass is 14.7. The molecule has 0 fully saturated rings. The van der Waals surface area contributed by atoms with Crippen LogP contribution < -0.4 is 0 Å². The van der Waals surface area contributed by atoms with E-state index in [1.807, 2.05) is 12.4 Å². The highest BCUT2D eigenvalue weighted by Gasteiger charge is 2.16. The third-order valence-corrected chi connectivity index (χ3v) is 8.23. The van der Waals surface area contributed by atoms with E-state index in [0.717, 1.165) is 35.0 Å². The molecule has 0 radical (unpaired) electrons. The van der Waals surface area contributed by atoms with Gasteiger partial charge in [0.1, 0.15) is 0 Å². The van der Waals surface area contributed by atoms with Gasteiger partial charge in [0, 0.05) is 23.5 Å². The summed E-state index contributed by atoms with van der Waals surface area (Å²) < 4.78 is 0. The van der Waals surface area contributed by atoms with E-state index < -0.39 is 0 Å². The summed E-state index contributed by atoms with van der Waals surface area (Å²) >= 11 is 0. The van der Waals surface area contributed by atoms with E-state index in [9.17, 15) is 0 Å². The second-order valence-electron chi connectivity index (χ2n) is 11.1. The molecule has 0 spiro atoms. The number of benzene rings is 4. The molecule has 0 unspecified atom stereocenters. The third kappa shape index (κ3) is 5.76. The lowest BCUT2D eigenvalue weighted by molar-refractivity contribution is 0.795. The number of fused-ring (bicyclic) bond motifs is 1. The molecule has 42 heavy (non-hydrogen) atoms. The molecule has 4 aromatic carbocycles. The Morgan fingerprint density at radius 2 is 0.786 bits per heavy atom. The van der Waals surface area contributed by atoms with Crippen molar-refractivity contribution in [3.63, 3.8) is 0 Å². The summed E-state index contributed by atoms with van der Waals surface area (Å²) in [5, 5.41) is 0. The first kappa shape index (κ1) is 27.6. The fraction of sp³-hybridized carbons (Fsp3) is 0.200. The van der Waals surface area contributed by atoms with E-state index in [1.54, 1.807) is 0 Å². The highest BCUT2D eigenvalue weighted by Crippen LogP contribution is 2.39. The lowest BCUT2D eigenvalue weighted by Gasteiger charge is -2.15. The minimum atomic E-state index is 0.923. The van der Waals surface area contributed by atoms with Gasteiger partial charge in [0.15, 0.2) is 0 Å². The molecular formula is C40H38N2. The minimum absolute atomic E-state index is 0.923. The average Bonchev–Trinajstić information content (AvgIpc) is 3.06. The normalized spacial score (nSPS) is 11.2.